The Bertz CT molecular complexity index is 809. The van der Waals surface area contributed by atoms with Crippen LogP contribution in [0.1, 0.15) is 51.0 Å². The molecule has 0 spiro atoms. The fraction of sp³-hybridized carbons (Fsp3) is 0.625. The number of aromatic amines is 1. The fourth-order valence-corrected chi connectivity index (χ4v) is 2.75. The Morgan fingerprint density at radius 3 is 2.70 bits per heavy atom. The predicted octanol–water partition coefficient (Wildman–Crippen LogP) is 3.59. The summed E-state index contributed by atoms with van der Waals surface area (Å²) in [6, 6.07) is 0. The third-order valence-electron chi connectivity index (χ3n) is 3.95. The summed E-state index contributed by atoms with van der Waals surface area (Å²) in [6.45, 7) is 6.27. The molecular formula is C16H20F3N5O3. The maximum Gasteiger partial charge on any atom is 0.434 e. The Balaban J connectivity index is 1.70. The maximum absolute atomic E-state index is 12.7. The monoisotopic (exact) mass is 387 g/mol. The Labute approximate surface area is 153 Å². The summed E-state index contributed by atoms with van der Waals surface area (Å²) in [5.74, 6) is -0.153. The van der Waals surface area contributed by atoms with E-state index in [0.29, 0.717) is 18.9 Å². The van der Waals surface area contributed by atoms with E-state index in [-0.39, 0.29) is 17.6 Å². The van der Waals surface area contributed by atoms with Crippen molar-refractivity contribution in [3.8, 4) is 11.7 Å². The highest BCUT2D eigenvalue weighted by atomic mass is 19.4. The average molecular weight is 387 g/mol. The summed E-state index contributed by atoms with van der Waals surface area (Å²) < 4.78 is 48.4. The number of rotatable bonds is 2. The minimum atomic E-state index is -4.56. The van der Waals surface area contributed by atoms with Crippen molar-refractivity contribution >= 4 is 6.09 Å². The molecule has 1 aliphatic rings. The summed E-state index contributed by atoms with van der Waals surface area (Å²) in [5.41, 5.74) is -1.66. The lowest BCUT2D eigenvalue weighted by atomic mass is 9.98. The number of ether oxygens (including phenoxy) is 1. The number of hydrogen-bond acceptors (Lipinski definition) is 6. The van der Waals surface area contributed by atoms with Gasteiger partial charge < -0.3 is 19.1 Å². The van der Waals surface area contributed by atoms with Crippen molar-refractivity contribution in [3.05, 3.63) is 17.7 Å². The first kappa shape index (κ1) is 19.2. The number of alkyl halides is 3. The van der Waals surface area contributed by atoms with Crippen LogP contribution in [0.5, 0.6) is 0 Å². The van der Waals surface area contributed by atoms with E-state index < -0.39 is 23.6 Å². The summed E-state index contributed by atoms with van der Waals surface area (Å²) in [5, 5.41) is 3.85. The molecule has 1 amide bonds. The van der Waals surface area contributed by atoms with Crippen LogP contribution in [0.3, 0.4) is 0 Å². The maximum atomic E-state index is 12.7. The van der Waals surface area contributed by atoms with Gasteiger partial charge in [-0.2, -0.15) is 18.2 Å². The molecule has 1 unspecified atom stereocenters. The van der Waals surface area contributed by atoms with Crippen LogP contribution in [0.25, 0.3) is 11.7 Å². The molecule has 1 aliphatic heterocycles. The van der Waals surface area contributed by atoms with Gasteiger partial charge in [0.15, 0.2) is 17.3 Å². The lowest BCUT2D eigenvalue weighted by Gasteiger charge is -2.32. The van der Waals surface area contributed by atoms with Gasteiger partial charge in [-0.1, -0.05) is 5.16 Å². The van der Waals surface area contributed by atoms with E-state index in [0.717, 1.165) is 19.0 Å². The number of amides is 1. The molecule has 8 nitrogen and oxygen atoms in total. The van der Waals surface area contributed by atoms with Crippen molar-refractivity contribution in [1.82, 2.24) is 25.0 Å². The van der Waals surface area contributed by atoms with Gasteiger partial charge in [-0.25, -0.2) is 9.78 Å². The number of hydrogen-bond donors (Lipinski definition) is 1. The van der Waals surface area contributed by atoms with Gasteiger partial charge in [0.05, 0.1) is 0 Å². The van der Waals surface area contributed by atoms with E-state index in [1.54, 1.807) is 25.7 Å². The number of carbonyl (C=O) groups excluding carboxylic acids is 1. The standard InChI is InChI=1S/C16H20F3N5O3/c1-15(2,3)26-14(25)24-6-4-5-9(8-24)11-22-13(27-23-11)12-20-7-10(21-12)16(17,18)19/h7,9H,4-6,8H2,1-3H3,(H,20,21). The lowest BCUT2D eigenvalue weighted by Crippen LogP contribution is -2.42. The van der Waals surface area contributed by atoms with Gasteiger partial charge in [0.1, 0.15) is 5.60 Å². The van der Waals surface area contributed by atoms with Crippen molar-refractivity contribution in [1.29, 1.82) is 0 Å². The lowest BCUT2D eigenvalue weighted by molar-refractivity contribution is -0.140. The SMILES string of the molecule is CC(C)(C)OC(=O)N1CCCC(c2noc(-c3nc(C(F)(F)F)c[nH]3)n2)C1. The number of aromatic nitrogens is 4. The normalized spacial score (nSPS) is 18.6. The van der Waals surface area contributed by atoms with Gasteiger partial charge in [0.25, 0.3) is 5.89 Å². The van der Waals surface area contributed by atoms with Crippen molar-refractivity contribution in [3.63, 3.8) is 0 Å². The molecule has 2 aromatic rings. The summed E-state index contributed by atoms with van der Waals surface area (Å²) in [7, 11) is 0. The molecule has 1 N–H and O–H groups in total. The first-order chi connectivity index (χ1) is 12.5. The molecule has 27 heavy (non-hydrogen) atoms. The predicted molar refractivity (Wildman–Crippen MR) is 86.7 cm³/mol. The van der Waals surface area contributed by atoms with Crippen LogP contribution in [-0.2, 0) is 10.9 Å². The van der Waals surface area contributed by atoms with Gasteiger partial charge in [0, 0.05) is 25.2 Å². The first-order valence-electron chi connectivity index (χ1n) is 8.47. The van der Waals surface area contributed by atoms with Gasteiger partial charge in [-0.3, -0.25) is 0 Å². The van der Waals surface area contributed by atoms with Crippen LogP contribution in [-0.4, -0.2) is 49.8 Å². The summed E-state index contributed by atoms with van der Waals surface area (Å²) in [6.07, 6.45) is -2.78. The molecular weight excluding hydrogens is 367 g/mol. The second kappa shape index (κ2) is 6.86. The molecule has 0 radical (unpaired) electrons. The molecule has 3 heterocycles. The van der Waals surface area contributed by atoms with Crippen molar-refractivity contribution in [2.45, 2.75) is 51.3 Å². The molecule has 0 aliphatic carbocycles. The van der Waals surface area contributed by atoms with Crippen LogP contribution in [0.15, 0.2) is 10.7 Å². The number of likely N-dealkylation sites (tertiary alicyclic amines) is 1. The minimum absolute atomic E-state index is 0.130. The van der Waals surface area contributed by atoms with Crippen LogP contribution >= 0.6 is 0 Å². The van der Waals surface area contributed by atoms with Gasteiger partial charge in [-0.05, 0) is 33.6 Å². The van der Waals surface area contributed by atoms with Crippen LogP contribution in [0, 0.1) is 0 Å². The quantitative estimate of drug-likeness (QED) is 0.846. The zero-order chi connectivity index (χ0) is 19.8. The van der Waals surface area contributed by atoms with Gasteiger partial charge >= 0.3 is 12.3 Å². The highest BCUT2D eigenvalue weighted by Crippen LogP contribution is 2.30. The van der Waals surface area contributed by atoms with Crippen molar-refractivity contribution < 1.29 is 27.2 Å². The molecule has 0 saturated carbocycles. The third-order valence-corrected chi connectivity index (χ3v) is 3.95. The number of halogens is 3. The number of nitrogens with one attached hydrogen (secondary N) is 1. The molecule has 1 fully saturated rings. The van der Waals surface area contributed by atoms with E-state index in [1.807, 2.05) is 0 Å². The van der Waals surface area contributed by atoms with Crippen LogP contribution in [0.4, 0.5) is 18.0 Å². The van der Waals surface area contributed by atoms with Crippen molar-refractivity contribution in [2.24, 2.45) is 0 Å². The topological polar surface area (TPSA) is 97.1 Å². The first-order valence-corrected chi connectivity index (χ1v) is 8.47. The molecule has 2 aromatic heterocycles. The molecule has 1 saturated heterocycles. The molecule has 3 rings (SSSR count). The smallest absolute Gasteiger partial charge is 0.434 e. The molecule has 1 atom stereocenters. The third kappa shape index (κ3) is 4.58. The second-order valence-corrected chi connectivity index (χ2v) is 7.36. The largest absolute Gasteiger partial charge is 0.444 e. The zero-order valence-corrected chi connectivity index (χ0v) is 15.1. The Hall–Kier alpha value is -2.59. The van der Waals surface area contributed by atoms with Crippen LogP contribution in [0.2, 0.25) is 0 Å². The van der Waals surface area contributed by atoms with E-state index >= 15 is 0 Å². The average Bonchev–Trinajstić information content (AvgIpc) is 3.22. The minimum Gasteiger partial charge on any atom is -0.444 e. The van der Waals surface area contributed by atoms with E-state index in [2.05, 4.69) is 20.1 Å². The summed E-state index contributed by atoms with van der Waals surface area (Å²) in [4.78, 5) is 23.8. The highest BCUT2D eigenvalue weighted by Gasteiger charge is 2.35. The molecule has 0 aromatic carbocycles. The Kier molecular flexibility index (Phi) is 4.87. The van der Waals surface area contributed by atoms with Crippen molar-refractivity contribution in [2.75, 3.05) is 13.1 Å². The molecule has 0 bridgehead atoms. The Morgan fingerprint density at radius 2 is 2.07 bits per heavy atom. The molecule has 11 heteroatoms. The highest BCUT2D eigenvalue weighted by molar-refractivity contribution is 5.68. The number of nitrogens with zero attached hydrogens (tertiary/aromatic N) is 4. The molecule has 148 valence electrons. The second-order valence-electron chi connectivity index (χ2n) is 7.36. The number of H-pyrrole nitrogens is 1. The fourth-order valence-electron chi connectivity index (χ4n) is 2.75. The number of carbonyl (C=O) groups is 1. The van der Waals surface area contributed by atoms with E-state index in [9.17, 15) is 18.0 Å². The Morgan fingerprint density at radius 1 is 1.33 bits per heavy atom. The zero-order valence-electron chi connectivity index (χ0n) is 15.1. The summed E-state index contributed by atoms with van der Waals surface area (Å²) >= 11 is 0. The van der Waals surface area contributed by atoms with Gasteiger partial charge in [0.2, 0.25) is 0 Å². The van der Waals surface area contributed by atoms with E-state index in [1.165, 1.54) is 0 Å². The number of imidazole rings is 1. The number of piperidine rings is 1. The van der Waals surface area contributed by atoms with Crippen LogP contribution < -0.4 is 0 Å². The van der Waals surface area contributed by atoms with E-state index in [4.69, 9.17) is 9.26 Å². The van der Waals surface area contributed by atoms with Gasteiger partial charge in [-0.15, -0.1) is 0 Å².